The van der Waals surface area contributed by atoms with E-state index in [4.69, 9.17) is 0 Å². The molecule has 9 nitrogen and oxygen atoms in total. The van der Waals surface area contributed by atoms with Crippen LogP contribution in [-0.2, 0) is 12.4 Å². The Morgan fingerprint density at radius 1 is 0.612 bits per heavy atom. The van der Waals surface area contributed by atoms with E-state index in [9.17, 15) is 35.9 Å². The molecule has 5 N–H and O–H groups in total. The minimum Gasteiger partial charge on any atom is -0.322 e. The topological polar surface area (TPSA) is 120 Å². The molecule has 2 aliphatic heterocycles. The zero-order chi connectivity index (χ0) is 35.0. The summed E-state index contributed by atoms with van der Waals surface area (Å²) in [5, 5.41) is 15.3. The van der Waals surface area contributed by atoms with Crippen molar-refractivity contribution in [2.75, 3.05) is 42.1 Å². The van der Waals surface area contributed by atoms with E-state index in [1.54, 1.807) is 47.8 Å². The minimum atomic E-state index is -4.63. The zero-order valence-electron chi connectivity index (χ0n) is 25.4. The van der Waals surface area contributed by atoms with Gasteiger partial charge in [0.2, 0.25) is 5.82 Å². The number of benzene rings is 3. The van der Waals surface area contributed by atoms with Crippen LogP contribution in [0.3, 0.4) is 0 Å². The zero-order valence-corrected chi connectivity index (χ0v) is 27.0. The van der Waals surface area contributed by atoms with Crippen LogP contribution < -0.4 is 26.6 Å². The fraction of sp³-hybridized carbons (Fsp3) is 0.250. The average molecular weight is 722 g/mol. The molecule has 2 aliphatic rings. The molecule has 3 aromatic carbocycles. The van der Waals surface area contributed by atoms with Crippen molar-refractivity contribution in [1.29, 1.82) is 0 Å². The lowest BCUT2D eigenvalue weighted by Gasteiger charge is -2.26. The van der Waals surface area contributed by atoms with E-state index in [1.807, 2.05) is 24.3 Å². The van der Waals surface area contributed by atoms with E-state index in [0.717, 1.165) is 60.5 Å². The fourth-order valence-electron chi connectivity index (χ4n) is 4.14. The van der Waals surface area contributed by atoms with Gasteiger partial charge in [-0.1, -0.05) is 0 Å². The Morgan fingerprint density at radius 3 is 1.39 bits per heavy atom. The number of aromatic nitrogens is 2. The van der Waals surface area contributed by atoms with Gasteiger partial charge in [-0.05, 0) is 72.8 Å². The van der Waals surface area contributed by atoms with Crippen LogP contribution in [0.15, 0.2) is 95.0 Å². The summed E-state index contributed by atoms with van der Waals surface area (Å²) < 4.78 is 74.7. The number of amides is 3. The number of hydrogen-bond donors (Lipinski definition) is 5. The number of nitrogens with one attached hydrogen (secondary N) is 5. The number of urea groups is 1. The highest BCUT2D eigenvalue weighted by molar-refractivity contribution is 8.00. The number of rotatable bonds is 8. The highest BCUT2D eigenvalue weighted by Crippen LogP contribution is 2.31. The van der Waals surface area contributed by atoms with Gasteiger partial charge in [0.05, 0.1) is 11.1 Å². The molecule has 0 aliphatic carbocycles. The van der Waals surface area contributed by atoms with E-state index in [2.05, 4.69) is 36.6 Å². The monoisotopic (exact) mass is 721 g/mol. The molecule has 0 atom stereocenters. The van der Waals surface area contributed by atoms with Crippen LogP contribution in [0, 0.1) is 0 Å². The quantitative estimate of drug-likeness (QED) is 0.121. The second-order valence-corrected chi connectivity index (χ2v) is 13.5. The van der Waals surface area contributed by atoms with Crippen LogP contribution >= 0.6 is 23.5 Å². The third kappa shape index (κ3) is 10.8. The summed E-state index contributed by atoms with van der Waals surface area (Å²) in [6.45, 7) is 3.97. The van der Waals surface area contributed by atoms with Crippen molar-refractivity contribution in [3.05, 3.63) is 102 Å². The second kappa shape index (κ2) is 15.9. The molecule has 258 valence electrons. The third-order valence-electron chi connectivity index (χ3n) is 6.96. The van der Waals surface area contributed by atoms with Crippen LogP contribution in [-0.4, -0.2) is 58.6 Å². The Kier molecular flexibility index (Phi) is 11.7. The van der Waals surface area contributed by atoms with Gasteiger partial charge in [-0.25, -0.2) is 14.8 Å². The number of nitrogens with zero attached hydrogens (tertiary/aromatic N) is 2. The maximum atomic E-state index is 12.5. The molecule has 0 unspecified atom stereocenters. The van der Waals surface area contributed by atoms with Crippen molar-refractivity contribution < 1.29 is 35.9 Å². The maximum Gasteiger partial charge on any atom is 0.451 e. The van der Waals surface area contributed by atoms with E-state index in [1.165, 1.54) is 12.1 Å². The van der Waals surface area contributed by atoms with Gasteiger partial charge in [-0.2, -0.15) is 26.3 Å². The van der Waals surface area contributed by atoms with Crippen LogP contribution in [0.25, 0.3) is 0 Å². The summed E-state index contributed by atoms with van der Waals surface area (Å²) >= 11 is 3.54. The Bertz CT molecular complexity index is 1700. The molecule has 3 heterocycles. The van der Waals surface area contributed by atoms with Crippen LogP contribution in [0.1, 0.15) is 21.7 Å². The summed E-state index contributed by atoms with van der Waals surface area (Å²) in [6, 6.07) is 18.5. The van der Waals surface area contributed by atoms with Crippen molar-refractivity contribution in [3.8, 4) is 0 Å². The summed E-state index contributed by atoms with van der Waals surface area (Å²) in [6.07, 6.45) is -7.30. The van der Waals surface area contributed by atoms with Crippen LogP contribution in [0.2, 0.25) is 0 Å². The molecule has 2 saturated heterocycles. The molecule has 3 amide bonds. The van der Waals surface area contributed by atoms with Gasteiger partial charge in [0.15, 0.2) is 0 Å². The van der Waals surface area contributed by atoms with Crippen LogP contribution in [0.4, 0.5) is 48.2 Å². The van der Waals surface area contributed by atoms with Crippen molar-refractivity contribution in [2.45, 2.75) is 32.6 Å². The molecule has 0 radical (unpaired) electrons. The molecule has 17 heteroatoms. The highest BCUT2D eigenvalue weighted by atomic mass is 32.2. The van der Waals surface area contributed by atoms with Crippen molar-refractivity contribution in [3.63, 3.8) is 0 Å². The predicted octanol–water partition coefficient (Wildman–Crippen LogP) is 7.22. The van der Waals surface area contributed by atoms with Crippen LogP contribution in [0.5, 0.6) is 0 Å². The normalized spacial score (nSPS) is 14.8. The van der Waals surface area contributed by atoms with E-state index < -0.39 is 35.7 Å². The van der Waals surface area contributed by atoms with E-state index in [0.29, 0.717) is 21.9 Å². The number of carbonyl (C=O) groups is 2. The lowest BCUT2D eigenvalue weighted by molar-refractivity contribution is -0.145. The Morgan fingerprint density at radius 2 is 1.02 bits per heavy atom. The molecule has 6 rings (SSSR count). The number of thioether (sulfide) groups is 2. The minimum absolute atomic E-state index is 0.0398. The van der Waals surface area contributed by atoms with E-state index in [-0.39, 0.29) is 11.3 Å². The van der Waals surface area contributed by atoms with Gasteiger partial charge in [0, 0.05) is 75.9 Å². The lowest BCUT2D eigenvalue weighted by atomic mass is 10.2. The van der Waals surface area contributed by atoms with Gasteiger partial charge in [-0.15, -0.1) is 23.5 Å². The molecule has 0 spiro atoms. The standard InChI is InChI=1S/C17H16F3N3OS.C15H13F3N4OS/c18-17(19,20)11-1-3-12(4-2-11)22-16(24)23-13-5-7-14(8-6-13)25-15-9-21-10-15;16-15(17,18)14-20-5-9(6-21-14)13(23)22-10-1-3-11(4-2-10)24-12-7-19-8-12/h1-8,15,21H,9-10H2,(H2,22,23,24);1-6,12,19H,7-8H2,(H,22,23). The third-order valence-corrected chi connectivity index (χ3v) is 9.38. The SMILES string of the molecule is O=C(Nc1ccc(SC2CNC2)cc1)Nc1ccc(C(F)(F)F)cc1.O=C(Nc1ccc(SC2CNC2)cc1)c1cnc(C(F)(F)F)nc1. The number of hydrogen-bond acceptors (Lipinski definition) is 8. The van der Waals surface area contributed by atoms with Crippen molar-refractivity contribution in [1.82, 2.24) is 20.6 Å². The number of anilines is 3. The highest BCUT2D eigenvalue weighted by Gasteiger charge is 2.34. The van der Waals surface area contributed by atoms with Gasteiger partial charge >= 0.3 is 18.4 Å². The fourth-order valence-corrected chi connectivity index (χ4v) is 6.30. The summed E-state index contributed by atoms with van der Waals surface area (Å²) in [7, 11) is 0. The molecule has 4 aromatic rings. The molecule has 0 bridgehead atoms. The van der Waals surface area contributed by atoms with Crippen molar-refractivity contribution in [2.24, 2.45) is 0 Å². The second-order valence-electron chi connectivity index (χ2n) is 10.7. The first kappa shape index (κ1) is 36.0. The van der Waals surface area contributed by atoms with E-state index >= 15 is 0 Å². The molecule has 49 heavy (non-hydrogen) atoms. The molecule has 0 saturated carbocycles. The maximum absolute atomic E-state index is 12.5. The average Bonchev–Trinajstić information content (AvgIpc) is 3.02. The first-order valence-corrected chi connectivity index (χ1v) is 16.5. The number of alkyl halides is 6. The van der Waals surface area contributed by atoms with Gasteiger partial charge in [-0.3, -0.25) is 4.79 Å². The number of halogens is 6. The summed E-state index contributed by atoms with van der Waals surface area (Å²) in [4.78, 5) is 32.5. The molecular formula is C32H29F6N7O2S2. The Balaban J connectivity index is 0.000000191. The summed E-state index contributed by atoms with van der Waals surface area (Å²) in [5.41, 5.74) is 0.654. The first-order chi connectivity index (χ1) is 23.3. The molecule has 1 aromatic heterocycles. The molecule has 2 fully saturated rings. The Labute approximate surface area is 285 Å². The number of carbonyl (C=O) groups excluding carboxylic acids is 2. The molecular weight excluding hydrogens is 693 g/mol. The van der Waals surface area contributed by atoms with Gasteiger partial charge in [0.25, 0.3) is 5.91 Å². The van der Waals surface area contributed by atoms with Gasteiger partial charge in [0.1, 0.15) is 0 Å². The summed E-state index contributed by atoms with van der Waals surface area (Å²) in [5.74, 6) is -1.83. The largest absolute Gasteiger partial charge is 0.451 e. The van der Waals surface area contributed by atoms with Gasteiger partial charge < -0.3 is 26.6 Å². The Hall–Kier alpha value is -4.32. The van der Waals surface area contributed by atoms with Crippen molar-refractivity contribution >= 4 is 52.5 Å². The first-order valence-electron chi connectivity index (χ1n) is 14.7. The predicted molar refractivity (Wildman–Crippen MR) is 177 cm³/mol. The smallest absolute Gasteiger partial charge is 0.322 e. The lowest BCUT2D eigenvalue weighted by Crippen LogP contribution is -2.44.